The van der Waals surface area contributed by atoms with E-state index in [0.29, 0.717) is 28.9 Å². The zero-order chi connectivity index (χ0) is 22.6. The Morgan fingerprint density at radius 1 is 0.969 bits per heavy atom. The third kappa shape index (κ3) is 5.03. The van der Waals surface area contributed by atoms with Crippen LogP contribution in [0.5, 0.6) is 0 Å². The van der Waals surface area contributed by atoms with Crippen LogP contribution in [0.3, 0.4) is 0 Å². The van der Waals surface area contributed by atoms with Crippen LogP contribution in [-0.2, 0) is 19.3 Å². The summed E-state index contributed by atoms with van der Waals surface area (Å²) in [4.78, 5) is 17.0. The first-order valence-corrected chi connectivity index (χ1v) is 9.86. The summed E-state index contributed by atoms with van der Waals surface area (Å²) in [6.07, 6.45) is 0.430. The molecule has 162 valence electrons. The number of carbonyl (C=O) groups is 1. The van der Waals surface area contributed by atoms with Crippen molar-refractivity contribution in [1.29, 1.82) is 0 Å². The van der Waals surface area contributed by atoms with Gasteiger partial charge in [-0.1, -0.05) is 42.5 Å². The summed E-state index contributed by atoms with van der Waals surface area (Å²) in [5, 5.41) is 7.27. The van der Waals surface area contributed by atoms with Gasteiger partial charge < -0.3 is 5.32 Å². The largest absolute Gasteiger partial charge is 0.416 e. The molecule has 0 unspecified atom stereocenters. The summed E-state index contributed by atoms with van der Waals surface area (Å²) >= 11 is 0. The zero-order valence-electron chi connectivity index (χ0n) is 16.9. The molecular formula is C24H19F3N4O. The van der Waals surface area contributed by atoms with Crippen LogP contribution < -0.4 is 5.32 Å². The lowest BCUT2D eigenvalue weighted by molar-refractivity contribution is -0.137. The first-order valence-electron chi connectivity index (χ1n) is 9.86. The maximum absolute atomic E-state index is 13.0. The molecule has 2 aromatic heterocycles. The molecule has 5 nitrogen and oxygen atoms in total. The summed E-state index contributed by atoms with van der Waals surface area (Å²) in [6.45, 7) is 0.425. The van der Waals surface area contributed by atoms with Gasteiger partial charge >= 0.3 is 6.18 Å². The van der Waals surface area contributed by atoms with Crippen molar-refractivity contribution in [3.05, 3.63) is 108 Å². The van der Waals surface area contributed by atoms with Crippen molar-refractivity contribution < 1.29 is 18.0 Å². The van der Waals surface area contributed by atoms with E-state index in [1.54, 1.807) is 35.4 Å². The molecule has 0 fully saturated rings. The van der Waals surface area contributed by atoms with E-state index in [-0.39, 0.29) is 6.54 Å². The first-order chi connectivity index (χ1) is 15.4. The molecular weight excluding hydrogens is 417 g/mol. The molecule has 0 aliphatic rings. The number of hydrogen-bond donors (Lipinski definition) is 1. The molecule has 1 N–H and O–H groups in total. The SMILES string of the molecule is O=C(NCc1cccc(C(F)(F)F)c1)c1cn(Cc2ccccc2)nc1-c1cccnc1. The molecule has 4 rings (SSSR count). The third-order valence-electron chi connectivity index (χ3n) is 4.84. The van der Waals surface area contributed by atoms with Crippen molar-refractivity contribution in [2.24, 2.45) is 0 Å². The maximum atomic E-state index is 13.0. The van der Waals surface area contributed by atoms with Crippen LogP contribution >= 0.6 is 0 Å². The van der Waals surface area contributed by atoms with Crippen molar-refractivity contribution in [3.8, 4) is 11.3 Å². The Balaban J connectivity index is 1.58. The number of halogens is 3. The second-order valence-electron chi connectivity index (χ2n) is 7.20. The standard InChI is InChI=1S/C24H19F3N4O/c25-24(26,27)20-10-4-8-18(12-20)13-29-23(32)21-16-31(15-17-6-2-1-3-7-17)30-22(21)19-9-5-11-28-14-19/h1-12,14,16H,13,15H2,(H,29,32). The number of carbonyl (C=O) groups excluding carboxylic acids is 1. The molecule has 0 aliphatic carbocycles. The lowest BCUT2D eigenvalue weighted by Crippen LogP contribution is -2.23. The quantitative estimate of drug-likeness (QED) is 0.466. The maximum Gasteiger partial charge on any atom is 0.416 e. The molecule has 0 radical (unpaired) electrons. The van der Waals surface area contributed by atoms with Crippen LogP contribution in [-0.4, -0.2) is 20.7 Å². The van der Waals surface area contributed by atoms with Crippen LogP contribution in [0.15, 0.2) is 85.3 Å². The molecule has 0 saturated heterocycles. The van der Waals surface area contributed by atoms with E-state index in [4.69, 9.17) is 0 Å². The van der Waals surface area contributed by atoms with Gasteiger partial charge in [0, 0.05) is 30.7 Å². The van der Waals surface area contributed by atoms with Gasteiger partial charge in [0.1, 0.15) is 5.69 Å². The molecule has 8 heteroatoms. The molecule has 0 bridgehead atoms. The first kappa shape index (κ1) is 21.3. The van der Waals surface area contributed by atoms with Crippen molar-refractivity contribution in [1.82, 2.24) is 20.1 Å². The summed E-state index contributed by atoms with van der Waals surface area (Å²) in [5.74, 6) is -0.430. The second kappa shape index (κ2) is 9.05. The highest BCUT2D eigenvalue weighted by molar-refractivity contribution is 5.99. The van der Waals surface area contributed by atoms with Crippen LogP contribution in [0, 0.1) is 0 Å². The number of aromatic nitrogens is 3. The van der Waals surface area contributed by atoms with Gasteiger partial charge in [-0.05, 0) is 35.4 Å². The van der Waals surface area contributed by atoms with E-state index >= 15 is 0 Å². The van der Waals surface area contributed by atoms with Crippen LogP contribution in [0.1, 0.15) is 27.0 Å². The number of hydrogen-bond acceptors (Lipinski definition) is 3. The third-order valence-corrected chi connectivity index (χ3v) is 4.84. The Hall–Kier alpha value is -3.94. The van der Waals surface area contributed by atoms with E-state index in [2.05, 4.69) is 15.4 Å². The van der Waals surface area contributed by atoms with Gasteiger partial charge in [-0.25, -0.2) is 0 Å². The molecule has 2 heterocycles. The van der Waals surface area contributed by atoms with Gasteiger partial charge in [-0.2, -0.15) is 18.3 Å². The number of pyridine rings is 1. The van der Waals surface area contributed by atoms with E-state index < -0.39 is 17.6 Å². The van der Waals surface area contributed by atoms with Crippen molar-refractivity contribution in [2.75, 3.05) is 0 Å². The Morgan fingerprint density at radius 2 is 1.75 bits per heavy atom. The molecule has 0 atom stereocenters. The number of rotatable bonds is 6. The number of nitrogens with one attached hydrogen (secondary N) is 1. The highest BCUT2D eigenvalue weighted by atomic mass is 19.4. The molecule has 4 aromatic rings. The Bertz CT molecular complexity index is 1200. The van der Waals surface area contributed by atoms with E-state index in [1.165, 1.54) is 12.1 Å². The molecule has 1 amide bonds. The number of benzene rings is 2. The lowest BCUT2D eigenvalue weighted by atomic mass is 10.1. The number of nitrogens with zero attached hydrogens (tertiary/aromatic N) is 3. The fraction of sp³-hybridized carbons (Fsp3) is 0.125. The van der Waals surface area contributed by atoms with Crippen LogP contribution in [0.4, 0.5) is 13.2 Å². The van der Waals surface area contributed by atoms with Gasteiger partial charge in [-0.15, -0.1) is 0 Å². The van der Waals surface area contributed by atoms with Crippen LogP contribution in [0.25, 0.3) is 11.3 Å². The van der Waals surface area contributed by atoms with Gasteiger partial charge in [0.15, 0.2) is 0 Å². The highest BCUT2D eigenvalue weighted by Gasteiger charge is 2.30. The van der Waals surface area contributed by atoms with E-state index in [9.17, 15) is 18.0 Å². The smallest absolute Gasteiger partial charge is 0.348 e. The summed E-state index contributed by atoms with van der Waals surface area (Å²) in [7, 11) is 0. The summed E-state index contributed by atoms with van der Waals surface area (Å²) < 4.78 is 40.5. The fourth-order valence-corrected chi connectivity index (χ4v) is 3.29. The second-order valence-corrected chi connectivity index (χ2v) is 7.20. The Morgan fingerprint density at radius 3 is 2.47 bits per heavy atom. The number of amides is 1. The Labute approximate surface area is 182 Å². The monoisotopic (exact) mass is 436 g/mol. The van der Waals surface area contributed by atoms with Crippen LogP contribution in [0.2, 0.25) is 0 Å². The zero-order valence-corrected chi connectivity index (χ0v) is 16.9. The van der Waals surface area contributed by atoms with Crippen molar-refractivity contribution >= 4 is 5.91 Å². The normalized spacial score (nSPS) is 11.3. The van der Waals surface area contributed by atoms with E-state index in [1.807, 2.05) is 30.3 Å². The van der Waals surface area contributed by atoms with Crippen molar-refractivity contribution in [3.63, 3.8) is 0 Å². The van der Waals surface area contributed by atoms with Gasteiger partial charge in [0.05, 0.1) is 17.7 Å². The average molecular weight is 436 g/mol. The fourth-order valence-electron chi connectivity index (χ4n) is 3.29. The number of alkyl halides is 3. The van der Waals surface area contributed by atoms with Gasteiger partial charge in [0.2, 0.25) is 0 Å². The minimum absolute atomic E-state index is 0.0426. The molecule has 2 aromatic carbocycles. The Kier molecular flexibility index (Phi) is 6.02. The summed E-state index contributed by atoms with van der Waals surface area (Å²) in [6, 6.07) is 18.1. The minimum atomic E-state index is -4.44. The molecule has 32 heavy (non-hydrogen) atoms. The van der Waals surface area contributed by atoms with Crippen molar-refractivity contribution in [2.45, 2.75) is 19.3 Å². The van der Waals surface area contributed by atoms with E-state index in [0.717, 1.165) is 17.7 Å². The molecule has 0 saturated carbocycles. The highest BCUT2D eigenvalue weighted by Crippen LogP contribution is 2.29. The molecule has 0 spiro atoms. The topological polar surface area (TPSA) is 59.8 Å². The minimum Gasteiger partial charge on any atom is -0.348 e. The molecule has 0 aliphatic heterocycles. The summed E-state index contributed by atoms with van der Waals surface area (Å²) in [5.41, 5.74) is 2.06. The van der Waals surface area contributed by atoms with Gasteiger partial charge in [-0.3, -0.25) is 14.5 Å². The predicted octanol–water partition coefficient (Wildman–Crippen LogP) is 4.94. The lowest BCUT2D eigenvalue weighted by Gasteiger charge is -2.09. The van der Waals surface area contributed by atoms with Gasteiger partial charge in [0.25, 0.3) is 5.91 Å². The predicted molar refractivity (Wildman–Crippen MR) is 114 cm³/mol. The average Bonchev–Trinajstić information content (AvgIpc) is 3.22.